The van der Waals surface area contributed by atoms with Gasteiger partial charge in [-0.05, 0) is 42.9 Å². The molecule has 0 spiro atoms. The molecule has 1 unspecified atom stereocenters. The Morgan fingerprint density at radius 3 is 3.11 bits per heavy atom. The summed E-state index contributed by atoms with van der Waals surface area (Å²) in [6.07, 6.45) is 4.17. The molecule has 4 rings (SSSR count). The van der Waals surface area contributed by atoms with E-state index in [2.05, 4.69) is 16.3 Å². The van der Waals surface area contributed by atoms with Crippen LogP contribution >= 0.6 is 11.6 Å². The zero-order valence-corrected chi connectivity index (χ0v) is 11.5. The largest absolute Gasteiger partial charge is 0.332 e. The summed E-state index contributed by atoms with van der Waals surface area (Å²) in [7, 11) is 0. The van der Waals surface area contributed by atoms with Crippen LogP contribution in [0.1, 0.15) is 36.4 Å². The Kier molecular flexibility index (Phi) is 2.61. The maximum Gasteiger partial charge on any atom is 0.240 e. The minimum atomic E-state index is 0.0516. The van der Waals surface area contributed by atoms with Gasteiger partial charge in [0.05, 0.1) is 12.1 Å². The second-order valence-corrected chi connectivity index (χ2v) is 6.20. The van der Waals surface area contributed by atoms with Gasteiger partial charge >= 0.3 is 0 Å². The molecule has 2 bridgehead atoms. The van der Waals surface area contributed by atoms with Crippen molar-refractivity contribution in [3.63, 3.8) is 0 Å². The zero-order valence-electron chi connectivity index (χ0n) is 10.7. The molecular weight excluding hydrogens is 260 g/mol. The summed E-state index contributed by atoms with van der Waals surface area (Å²) in [5.74, 6) is 0.284. The molecule has 1 amide bonds. The first-order valence-corrected chi connectivity index (χ1v) is 7.47. The van der Waals surface area contributed by atoms with Gasteiger partial charge < -0.3 is 10.2 Å². The van der Waals surface area contributed by atoms with Gasteiger partial charge in [0.25, 0.3) is 0 Å². The molecule has 3 heterocycles. The van der Waals surface area contributed by atoms with Crippen molar-refractivity contribution in [3.8, 4) is 0 Å². The van der Waals surface area contributed by atoms with Gasteiger partial charge in [-0.1, -0.05) is 23.7 Å². The number of piperazine rings is 1. The molecule has 3 aliphatic heterocycles. The summed E-state index contributed by atoms with van der Waals surface area (Å²) in [5.41, 5.74) is 2.49. The number of benzene rings is 1. The second kappa shape index (κ2) is 4.22. The number of carbonyl (C=O) groups is 1. The van der Waals surface area contributed by atoms with E-state index in [0.29, 0.717) is 6.04 Å². The first-order chi connectivity index (χ1) is 9.25. The van der Waals surface area contributed by atoms with Gasteiger partial charge in [-0.25, -0.2) is 0 Å². The highest BCUT2D eigenvalue weighted by Gasteiger charge is 2.45. The Morgan fingerprint density at radius 1 is 1.32 bits per heavy atom. The van der Waals surface area contributed by atoms with E-state index in [-0.39, 0.29) is 18.0 Å². The van der Waals surface area contributed by atoms with E-state index in [0.717, 1.165) is 37.3 Å². The van der Waals surface area contributed by atoms with E-state index in [1.165, 1.54) is 11.1 Å². The molecule has 3 nitrogen and oxygen atoms in total. The van der Waals surface area contributed by atoms with Crippen molar-refractivity contribution in [1.82, 2.24) is 10.2 Å². The number of hydrogen-bond donors (Lipinski definition) is 1. The summed E-state index contributed by atoms with van der Waals surface area (Å²) in [5, 5.41) is 4.38. The molecule has 3 aliphatic rings. The lowest BCUT2D eigenvalue weighted by molar-refractivity contribution is -0.143. The number of halogens is 1. The Bertz CT molecular complexity index is 545. The lowest BCUT2D eigenvalue weighted by Gasteiger charge is -2.50. The number of hydrogen-bond acceptors (Lipinski definition) is 2. The van der Waals surface area contributed by atoms with Crippen LogP contribution in [0, 0.1) is 0 Å². The summed E-state index contributed by atoms with van der Waals surface area (Å²) in [6, 6.07) is 6.74. The monoisotopic (exact) mass is 276 g/mol. The Hall–Kier alpha value is -1.06. The molecule has 0 saturated carbocycles. The molecule has 0 aliphatic carbocycles. The first-order valence-electron chi connectivity index (χ1n) is 7.09. The highest BCUT2D eigenvalue weighted by atomic mass is 35.5. The van der Waals surface area contributed by atoms with Gasteiger partial charge in [0.15, 0.2) is 0 Å². The third kappa shape index (κ3) is 1.65. The number of nitrogens with zero attached hydrogens (tertiary/aromatic N) is 1. The number of fused-ring (bicyclic) bond motifs is 6. The lowest BCUT2D eigenvalue weighted by atomic mass is 9.80. The van der Waals surface area contributed by atoms with Gasteiger partial charge in [-0.3, -0.25) is 4.79 Å². The van der Waals surface area contributed by atoms with Crippen LogP contribution in [0.2, 0.25) is 5.02 Å². The molecule has 1 aromatic rings. The van der Waals surface area contributed by atoms with Gasteiger partial charge in [0.1, 0.15) is 0 Å². The van der Waals surface area contributed by atoms with Crippen molar-refractivity contribution in [2.24, 2.45) is 0 Å². The number of nitrogens with one attached hydrogen (secondary N) is 1. The van der Waals surface area contributed by atoms with Crippen molar-refractivity contribution in [3.05, 3.63) is 34.3 Å². The van der Waals surface area contributed by atoms with Gasteiger partial charge in [0.2, 0.25) is 5.91 Å². The molecule has 1 N–H and O–H groups in total. The van der Waals surface area contributed by atoms with Gasteiger partial charge in [-0.15, -0.1) is 0 Å². The fourth-order valence-corrected chi connectivity index (χ4v) is 4.22. The van der Waals surface area contributed by atoms with Crippen molar-refractivity contribution in [1.29, 1.82) is 0 Å². The molecule has 0 aromatic heterocycles. The van der Waals surface area contributed by atoms with E-state index >= 15 is 0 Å². The topological polar surface area (TPSA) is 32.3 Å². The molecule has 4 heteroatoms. The molecule has 2 fully saturated rings. The van der Waals surface area contributed by atoms with Crippen LogP contribution in [0.4, 0.5) is 0 Å². The Morgan fingerprint density at radius 2 is 2.21 bits per heavy atom. The molecule has 2 saturated heterocycles. The van der Waals surface area contributed by atoms with Crippen molar-refractivity contribution < 1.29 is 4.79 Å². The SMILES string of the molecule is O=C1[C@@H]2CCC[C@@H](N2)C2c3cccc(Cl)c3CCN12. The highest BCUT2D eigenvalue weighted by Crippen LogP contribution is 2.41. The predicted octanol–water partition coefficient (Wildman–Crippen LogP) is 2.29. The maximum atomic E-state index is 12.5. The average molecular weight is 277 g/mol. The van der Waals surface area contributed by atoms with Crippen molar-refractivity contribution >= 4 is 17.5 Å². The summed E-state index contributed by atoms with van der Waals surface area (Å²) < 4.78 is 0. The highest BCUT2D eigenvalue weighted by molar-refractivity contribution is 6.31. The fourth-order valence-electron chi connectivity index (χ4n) is 3.95. The van der Waals surface area contributed by atoms with Crippen LogP contribution in [0.15, 0.2) is 18.2 Å². The smallest absolute Gasteiger partial charge is 0.240 e. The molecule has 0 radical (unpaired) electrons. The van der Waals surface area contributed by atoms with E-state index < -0.39 is 0 Å². The number of rotatable bonds is 0. The Balaban J connectivity index is 1.82. The number of piperidine rings is 1. The summed E-state index contributed by atoms with van der Waals surface area (Å²) in [4.78, 5) is 14.6. The first kappa shape index (κ1) is 11.7. The molecule has 3 atom stereocenters. The molecular formula is C15H17ClN2O. The molecule has 100 valence electrons. The maximum absolute atomic E-state index is 12.5. The predicted molar refractivity (Wildman–Crippen MR) is 74.2 cm³/mol. The minimum Gasteiger partial charge on any atom is -0.332 e. The standard InChI is InChI=1S/C15H17ClN2O/c16-11-4-1-3-10-9(11)7-8-18-14(10)12-5-2-6-13(17-12)15(18)19/h1,3-4,12-14,17H,2,5-8H2/t12-,13+,14?/m1/s1. The number of carbonyl (C=O) groups excluding carboxylic acids is 1. The second-order valence-electron chi connectivity index (χ2n) is 5.79. The Labute approximate surface area is 117 Å². The van der Waals surface area contributed by atoms with Crippen LogP contribution < -0.4 is 5.32 Å². The molecule has 19 heavy (non-hydrogen) atoms. The van der Waals surface area contributed by atoms with Crippen LogP contribution in [0.25, 0.3) is 0 Å². The quantitative estimate of drug-likeness (QED) is 0.789. The third-order valence-electron chi connectivity index (χ3n) is 4.80. The third-order valence-corrected chi connectivity index (χ3v) is 5.15. The average Bonchev–Trinajstić information content (AvgIpc) is 2.45. The normalized spacial score (nSPS) is 32.8. The van der Waals surface area contributed by atoms with Crippen LogP contribution in [-0.4, -0.2) is 29.4 Å². The van der Waals surface area contributed by atoms with Gasteiger partial charge in [0, 0.05) is 17.6 Å². The van der Waals surface area contributed by atoms with E-state index in [4.69, 9.17) is 11.6 Å². The van der Waals surface area contributed by atoms with E-state index in [1.54, 1.807) is 0 Å². The number of amides is 1. The summed E-state index contributed by atoms with van der Waals surface area (Å²) in [6.45, 7) is 0.814. The fraction of sp³-hybridized carbons (Fsp3) is 0.533. The lowest BCUT2D eigenvalue weighted by Crippen LogP contribution is -2.64. The summed E-state index contributed by atoms with van der Waals surface area (Å²) >= 11 is 6.32. The minimum absolute atomic E-state index is 0.0516. The van der Waals surface area contributed by atoms with E-state index in [1.807, 2.05) is 12.1 Å². The van der Waals surface area contributed by atoms with Crippen LogP contribution in [0.3, 0.4) is 0 Å². The van der Waals surface area contributed by atoms with Crippen LogP contribution in [-0.2, 0) is 11.2 Å². The van der Waals surface area contributed by atoms with Gasteiger partial charge in [-0.2, -0.15) is 0 Å². The molecule has 1 aromatic carbocycles. The van der Waals surface area contributed by atoms with Crippen LogP contribution in [0.5, 0.6) is 0 Å². The zero-order chi connectivity index (χ0) is 13.0. The van der Waals surface area contributed by atoms with Crippen molar-refractivity contribution in [2.75, 3.05) is 6.54 Å². The van der Waals surface area contributed by atoms with E-state index in [9.17, 15) is 4.79 Å². The van der Waals surface area contributed by atoms with Crippen molar-refractivity contribution in [2.45, 2.75) is 43.8 Å².